The molecule has 1 aliphatic rings. The first-order valence-electron chi connectivity index (χ1n) is 6.73. The molecule has 0 radical (unpaired) electrons. The molecule has 0 amide bonds. The fourth-order valence-electron chi connectivity index (χ4n) is 2.76. The molecule has 0 bridgehead atoms. The van der Waals surface area contributed by atoms with E-state index in [-0.39, 0.29) is 4.83 Å². The topological polar surface area (TPSA) is 0 Å². The maximum atomic E-state index is 13.5. The van der Waals surface area contributed by atoms with Crippen LogP contribution in [0.2, 0.25) is 0 Å². The molecule has 100 valence electrons. The molecule has 0 aromatic heterocycles. The van der Waals surface area contributed by atoms with Gasteiger partial charge in [0.1, 0.15) is 0 Å². The second-order valence-corrected chi connectivity index (χ2v) is 6.54. The normalized spacial score (nSPS) is 18.2. The van der Waals surface area contributed by atoms with Crippen molar-refractivity contribution in [3.05, 3.63) is 35.4 Å². The third-order valence-corrected chi connectivity index (χ3v) is 4.62. The van der Waals surface area contributed by atoms with Crippen LogP contribution < -0.4 is 0 Å². The summed E-state index contributed by atoms with van der Waals surface area (Å²) in [4.78, 5) is 0.245. The SMILES string of the molecule is Fc1cccc(CC(Br)CCC2CCCC2)c1F. The van der Waals surface area contributed by atoms with Gasteiger partial charge in [-0.05, 0) is 36.8 Å². The van der Waals surface area contributed by atoms with Gasteiger partial charge in [0.05, 0.1) is 0 Å². The van der Waals surface area contributed by atoms with Crippen molar-refractivity contribution in [3.63, 3.8) is 0 Å². The number of hydrogen-bond donors (Lipinski definition) is 0. The van der Waals surface area contributed by atoms with Crippen molar-refractivity contribution >= 4 is 15.9 Å². The Kier molecular flexibility index (Phi) is 5.16. The van der Waals surface area contributed by atoms with Crippen LogP contribution in [0.1, 0.15) is 44.1 Å². The second kappa shape index (κ2) is 6.65. The van der Waals surface area contributed by atoms with Gasteiger partial charge in [0.15, 0.2) is 11.6 Å². The maximum absolute atomic E-state index is 13.5. The molecule has 0 aliphatic heterocycles. The molecule has 1 fully saturated rings. The molecular weight excluding hydrogens is 298 g/mol. The third-order valence-electron chi connectivity index (χ3n) is 3.84. The molecule has 1 aromatic rings. The van der Waals surface area contributed by atoms with Gasteiger partial charge in [0, 0.05) is 4.83 Å². The summed E-state index contributed by atoms with van der Waals surface area (Å²) in [5.41, 5.74) is 0.475. The fourth-order valence-corrected chi connectivity index (χ4v) is 3.38. The van der Waals surface area contributed by atoms with Crippen LogP contribution in [0.4, 0.5) is 8.78 Å². The van der Waals surface area contributed by atoms with Gasteiger partial charge in [-0.15, -0.1) is 0 Å². The highest BCUT2D eigenvalue weighted by Crippen LogP contribution is 2.30. The Labute approximate surface area is 116 Å². The van der Waals surface area contributed by atoms with Gasteiger partial charge < -0.3 is 0 Å². The van der Waals surface area contributed by atoms with E-state index >= 15 is 0 Å². The van der Waals surface area contributed by atoms with Crippen LogP contribution in [0, 0.1) is 17.6 Å². The van der Waals surface area contributed by atoms with Gasteiger partial charge in [0.25, 0.3) is 0 Å². The van der Waals surface area contributed by atoms with E-state index in [1.807, 2.05) is 0 Å². The largest absolute Gasteiger partial charge is 0.204 e. The van der Waals surface area contributed by atoms with Crippen LogP contribution in [0.5, 0.6) is 0 Å². The first-order valence-corrected chi connectivity index (χ1v) is 7.65. The molecule has 1 aliphatic carbocycles. The predicted molar refractivity (Wildman–Crippen MR) is 74.0 cm³/mol. The minimum absolute atomic E-state index is 0.245. The lowest BCUT2D eigenvalue weighted by Crippen LogP contribution is -2.07. The summed E-state index contributed by atoms with van der Waals surface area (Å²) < 4.78 is 26.6. The van der Waals surface area contributed by atoms with Crippen molar-refractivity contribution in [1.29, 1.82) is 0 Å². The Morgan fingerprint density at radius 1 is 1.22 bits per heavy atom. The van der Waals surface area contributed by atoms with Crippen molar-refractivity contribution in [2.24, 2.45) is 5.92 Å². The number of rotatable bonds is 5. The van der Waals surface area contributed by atoms with Gasteiger partial charge in [0.2, 0.25) is 0 Å². The first-order chi connectivity index (χ1) is 8.66. The number of benzene rings is 1. The Bertz CT molecular complexity index is 386. The van der Waals surface area contributed by atoms with Gasteiger partial charge in [-0.2, -0.15) is 0 Å². The number of halogens is 3. The van der Waals surface area contributed by atoms with Crippen molar-refractivity contribution < 1.29 is 8.78 Å². The van der Waals surface area contributed by atoms with Crippen LogP contribution in [0.15, 0.2) is 18.2 Å². The molecule has 0 nitrogen and oxygen atoms in total. The summed E-state index contributed by atoms with van der Waals surface area (Å²) in [5.74, 6) is -0.590. The van der Waals surface area contributed by atoms with Gasteiger partial charge in [-0.1, -0.05) is 53.7 Å². The first kappa shape index (κ1) is 14.0. The summed E-state index contributed by atoms with van der Waals surface area (Å²) in [6.45, 7) is 0. The quantitative estimate of drug-likeness (QED) is 0.651. The van der Waals surface area contributed by atoms with E-state index in [0.717, 1.165) is 12.3 Å². The summed E-state index contributed by atoms with van der Waals surface area (Å²) in [6, 6.07) is 4.41. The Hall–Kier alpha value is -0.440. The van der Waals surface area contributed by atoms with E-state index in [1.165, 1.54) is 38.2 Å². The molecule has 18 heavy (non-hydrogen) atoms. The molecule has 0 N–H and O–H groups in total. The lowest BCUT2D eigenvalue weighted by molar-refractivity contribution is 0.472. The average molecular weight is 317 g/mol. The Morgan fingerprint density at radius 3 is 2.67 bits per heavy atom. The van der Waals surface area contributed by atoms with Crippen LogP contribution in [-0.2, 0) is 6.42 Å². The second-order valence-electron chi connectivity index (χ2n) is 5.24. The lowest BCUT2D eigenvalue weighted by Gasteiger charge is -2.14. The van der Waals surface area contributed by atoms with Crippen molar-refractivity contribution in [1.82, 2.24) is 0 Å². The Morgan fingerprint density at radius 2 is 1.94 bits per heavy atom. The molecule has 1 unspecified atom stereocenters. The molecule has 1 aromatic carbocycles. The van der Waals surface area contributed by atoms with Crippen LogP contribution in [0.3, 0.4) is 0 Å². The summed E-state index contributed by atoms with van der Waals surface area (Å²) in [7, 11) is 0. The van der Waals surface area contributed by atoms with E-state index in [2.05, 4.69) is 15.9 Å². The van der Waals surface area contributed by atoms with Crippen LogP contribution in [0.25, 0.3) is 0 Å². The zero-order valence-corrected chi connectivity index (χ0v) is 12.1. The highest BCUT2D eigenvalue weighted by Gasteiger charge is 2.17. The Balaban J connectivity index is 1.82. The number of alkyl halides is 1. The van der Waals surface area contributed by atoms with E-state index in [4.69, 9.17) is 0 Å². The van der Waals surface area contributed by atoms with Gasteiger partial charge in [-0.25, -0.2) is 8.78 Å². The zero-order chi connectivity index (χ0) is 13.0. The highest BCUT2D eigenvalue weighted by atomic mass is 79.9. The van der Waals surface area contributed by atoms with Crippen molar-refractivity contribution in [2.75, 3.05) is 0 Å². The highest BCUT2D eigenvalue weighted by molar-refractivity contribution is 9.09. The minimum Gasteiger partial charge on any atom is -0.204 e. The fraction of sp³-hybridized carbons (Fsp3) is 0.600. The van der Waals surface area contributed by atoms with Gasteiger partial charge >= 0.3 is 0 Å². The molecule has 2 rings (SSSR count). The molecule has 3 heteroatoms. The van der Waals surface area contributed by atoms with Crippen molar-refractivity contribution in [2.45, 2.75) is 49.8 Å². The van der Waals surface area contributed by atoms with Crippen LogP contribution in [-0.4, -0.2) is 4.83 Å². The lowest BCUT2D eigenvalue weighted by atomic mass is 9.98. The molecule has 1 saturated carbocycles. The predicted octanol–water partition coefficient (Wildman–Crippen LogP) is 5.24. The van der Waals surface area contributed by atoms with E-state index < -0.39 is 11.6 Å². The molecule has 0 spiro atoms. The van der Waals surface area contributed by atoms with Crippen molar-refractivity contribution in [3.8, 4) is 0 Å². The maximum Gasteiger partial charge on any atom is 0.162 e. The van der Waals surface area contributed by atoms with Crippen LogP contribution >= 0.6 is 15.9 Å². The average Bonchev–Trinajstić information content (AvgIpc) is 2.86. The summed E-state index contributed by atoms with van der Waals surface area (Å²) in [6.07, 6.45) is 8.21. The monoisotopic (exact) mass is 316 g/mol. The summed E-state index contributed by atoms with van der Waals surface area (Å²) in [5, 5.41) is 0. The molecule has 0 saturated heterocycles. The van der Waals surface area contributed by atoms with E-state index in [0.29, 0.717) is 12.0 Å². The molecule has 0 heterocycles. The smallest absolute Gasteiger partial charge is 0.162 e. The molecule has 1 atom stereocenters. The summed E-state index contributed by atoms with van der Waals surface area (Å²) >= 11 is 3.59. The zero-order valence-electron chi connectivity index (χ0n) is 10.5. The third kappa shape index (κ3) is 3.78. The molecular formula is C15H19BrF2. The van der Waals surface area contributed by atoms with E-state index in [1.54, 1.807) is 12.1 Å². The number of hydrogen-bond acceptors (Lipinski definition) is 0. The minimum atomic E-state index is -0.747. The van der Waals surface area contributed by atoms with Gasteiger partial charge in [-0.3, -0.25) is 0 Å². The van der Waals surface area contributed by atoms with E-state index in [9.17, 15) is 8.78 Å². The standard InChI is InChI=1S/C15H19BrF2/c16-13(9-8-11-4-1-2-5-11)10-12-6-3-7-14(17)15(12)18/h3,6-7,11,13H,1-2,4-5,8-10H2.